The van der Waals surface area contributed by atoms with Gasteiger partial charge in [0.1, 0.15) is 0 Å². The Bertz CT molecular complexity index is 730. The van der Waals surface area contributed by atoms with Crippen LogP contribution in [0.1, 0.15) is 34.8 Å². The van der Waals surface area contributed by atoms with Crippen LogP contribution < -0.4 is 5.32 Å². The van der Waals surface area contributed by atoms with Crippen molar-refractivity contribution >= 4 is 16.9 Å². The van der Waals surface area contributed by atoms with Crippen LogP contribution in [0.5, 0.6) is 0 Å². The van der Waals surface area contributed by atoms with E-state index in [0.717, 1.165) is 68.6 Å². The first-order valence-electron chi connectivity index (χ1n) is 8.89. The SMILES string of the molecule is CCn1cc(CCCN2CCNCC2)c2ccc(C)c(C(=O)O)c21. The molecule has 1 saturated heterocycles. The first kappa shape index (κ1) is 17.0. The van der Waals surface area contributed by atoms with Gasteiger partial charge in [0.05, 0.1) is 11.1 Å². The minimum Gasteiger partial charge on any atom is -0.478 e. The molecule has 2 heterocycles. The van der Waals surface area contributed by atoms with Gasteiger partial charge < -0.3 is 19.9 Å². The molecule has 1 aromatic heterocycles. The largest absolute Gasteiger partial charge is 0.478 e. The van der Waals surface area contributed by atoms with Crippen molar-refractivity contribution in [3.8, 4) is 0 Å². The number of piperazine rings is 1. The second kappa shape index (κ2) is 7.36. The van der Waals surface area contributed by atoms with Crippen molar-refractivity contribution in [2.24, 2.45) is 0 Å². The van der Waals surface area contributed by atoms with Crippen LogP contribution in [0.25, 0.3) is 10.9 Å². The van der Waals surface area contributed by atoms with E-state index in [4.69, 9.17) is 0 Å². The van der Waals surface area contributed by atoms with Gasteiger partial charge in [-0.05, 0) is 44.4 Å². The number of aryl methyl sites for hydroxylation is 3. The number of fused-ring (bicyclic) bond motifs is 1. The van der Waals surface area contributed by atoms with E-state index >= 15 is 0 Å². The zero-order valence-corrected chi connectivity index (χ0v) is 14.6. The lowest BCUT2D eigenvalue weighted by Gasteiger charge is -2.26. The van der Waals surface area contributed by atoms with E-state index in [-0.39, 0.29) is 0 Å². The lowest BCUT2D eigenvalue weighted by Crippen LogP contribution is -2.43. The monoisotopic (exact) mass is 329 g/mol. The molecule has 0 bridgehead atoms. The number of nitrogens with one attached hydrogen (secondary N) is 1. The number of hydrogen-bond acceptors (Lipinski definition) is 3. The maximum atomic E-state index is 11.7. The minimum absolute atomic E-state index is 0.447. The van der Waals surface area contributed by atoms with Crippen molar-refractivity contribution < 1.29 is 9.90 Å². The van der Waals surface area contributed by atoms with E-state index in [0.29, 0.717) is 5.56 Å². The molecule has 130 valence electrons. The number of aromatic nitrogens is 1. The first-order chi connectivity index (χ1) is 11.6. The van der Waals surface area contributed by atoms with E-state index < -0.39 is 5.97 Å². The maximum Gasteiger partial charge on any atom is 0.338 e. The van der Waals surface area contributed by atoms with Crippen molar-refractivity contribution in [2.45, 2.75) is 33.2 Å². The molecule has 1 aliphatic heterocycles. The molecule has 5 heteroatoms. The normalized spacial score (nSPS) is 15.9. The average Bonchev–Trinajstić information content (AvgIpc) is 2.93. The molecular formula is C19H27N3O2. The van der Waals surface area contributed by atoms with Gasteiger partial charge in [0, 0.05) is 44.3 Å². The predicted octanol–water partition coefficient (Wildman–Crippen LogP) is 2.51. The molecular weight excluding hydrogens is 302 g/mol. The fourth-order valence-corrected chi connectivity index (χ4v) is 3.72. The fraction of sp³-hybridized carbons (Fsp3) is 0.526. The number of carboxylic acids is 1. The van der Waals surface area contributed by atoms with E-state index in [2.05, 4.69) is 34.0 Å². The van der Waals surface area contributed by atoms with Crippen molar-refractivity contribution in [3.05, 3.63) is 35.0 Å². The van der Waals surface area contributed by atoms with Gasteiger partial charge >= 0.3 is 5.97 Å². The second-order valence-electron chi connectivity index (χ2n) is 6.59. The van der Waals surface area contributed by atoms with Crippen molar-refractivity contribution in [3.63, 3.8) is 0 Å². The summed E-state index contributed by atoms with van der Waals surface area (Å²) in [6, 6.07) is 4.02. The molecule has 3 rings (SSSR count). The average molecular weight is 329 g/mol. The summed E-state index contributed by atoms with van der Waals surface area (Å²) >= 11 is 0. The Labute approximate surface area is 143 Å². The second-order valence-corrected chi connectivity index (χ2v) is 6.59. The highest BCUT2D eigenvalue weighted by Crippen LogP contribution is 2.28. The molecule has 1 aromatic carbocycles. The van der Waals surface area contributed by atoms with Gasteiger partial charge in [-0.15, -0.1) is 0 Å². The van der Waals surface area contributed by atoms with Crippen molar-refractivity contribution in [1.29, 1.82) is 0 Å². The number of aromatic carboxylic acids is 1. The lowest BCUT2D eigenvalue weighted by atomic mass is 10.0. The molecule has 5 nitrogen and oxygen atoms in total. The van der Waals surface area contributed by atoms with E-state index in [1.807, 2.05) is 13.0 Å². The number of carbonyl (C=O) groups is 1. The molecule has 0 aliphatic carbocycles. The lowest BCUT2D eigenvalue weighted by molar-refractivity contribution is 0.0698. The number of hydrogen-bond donors (Lipinski definition) is 2. The number of rotatable bonds is 6. The van der Waals surface area contributed by atoms with Crippen LogP contribution in [0, 0.1) is 6.92 Å². The van der Waals surface area contributed by atoms with Crippen LogP contribution in [-0.4, -0.2) is 53.3 Å². The molecule has 24 heavy (non-hydrogen) atoms. The van der Waals surface area contributed by atoms with Crippen molar-refractivity contribution in [2.75, 3.05) is 32.7 Å². The number of nitrogens with zero attached hydrogens (tertiary/aromatic N) is 2. The molecule has 2 aromatic rings. The van der Waals surface area contributed by atoms with E-state index in [1.54, 1.807) is 0 Å². The maximum absolute atomic E-state index is 11.7. The third-order valence-electron chi connectivity index (χ3n) is 5.02. The minimum atomic E-state index is -0.835. The Balaban J connectivity index is 1.83. The summed E-state index contributed by atoms with van der Waals surface area (Å²) in [6.45, 7) is 10.2. The standard InChI is InChI=1S/C19H27N3O2/c1-3-22-13-15(5-4-10-21-11-8-20-9-12-21)16-7-6-14(2)17(18(16)22)19(23)24/h6-7,13,20H,3-5,8-12H2,1-2H3,(H,23,24). The van der Waals surface area contributed by atoms with Gasteiger partial charge in [0.15, 0.2) is 0 Å². The molecule has 1 aliphatic rings. The summed E-state index contributed by atoms with van der Waals surface area (Å²) in [6.07, 6.45) is 4.25. The molecule has 0 unspecified atom stereocenters. The van der Waals surface area contributed by atoms with Crippen LogP contribution >= 0.6 is 0 Å². The Hall–Kier alpha value is -1.85. The summed E-state index contributed by atoms with van der Waals surface area (Å²) in [7, 11) is 0. The first-order valence-corrected chi connectivity index (χ1v) is 8.89. The molecule has 0 atom stereocenters. The highest BCUT2D eigenvalue weighted by Gasteiger charge is 2.18. The van der Waals surface area contributed by atoms with Gasteiger partial charge in [0.2, 0.25) is 0 Å². The predicted molar refractivity (Wildman–Crippen MR) is 96.9 cm³/mol. The van der Waals surface area contributed by atoms with Crippen LogP contribution in [0.4, 0.5) is 0 Å². The summed E-state index contributed by atoms with van der Waals surface area (Å²) < 4.78 is 2.09. The van der Waals surface area contributed by atoms with Crippen LogP contribution in [0.3, 0.4) is 0 Å². The number of benzene rings is 1. The third-order valence-corrected chi connectivity index (χ3v) is 5.02. The smallest absolute Gasteiger partial charge is 0.338 e. The quantitative estimate of drug-likeness (QED) is 0.855. The van der Waals surface area contributed by atoms with Crippen LogP contribution in [0.15, 0.2) is 18.3 Å². The van der Waals surface area contributed by atoms with Gasteiger partial charge in [-0.3, -0.25) is 0 Å². The van der Waals surface area contributed by atoms with Crippen LogP contribution in [0.2, 0.25) is 0 Å². The third kappa shape index (κ3) is 3.32. The molecule has 1 fully saturated rings. The van der Waals surface area contributed by atoms with Crippen LogP contribution in [-0.2, 0) is 13.0 Å². The summed E-state index contributed by atoms with van der Waals surface area (Å²) in [4.78, 5) is 14.2. The van der Waals surface area contributed by atoms with Crippen molar-refractivity contribution in [1.82, 2.24) is 14.8 Å². The molecule has 0 saturated carbocycles. The Morgan fingerprint density at radius 1 is 1.29 bits per heavy atom. The number of carboxylic acid groups (broad SMARTS) is 1. The molecule has 0 radical (unpaired) electrons. The van der Waals surface area contributed by atoms with Gasteiger partial charge in [-0.2, -0.15) is 0 Å². The topological polar surface area (TPSA) is 57.5 Å². The molecule has 2 N–H and O–H groups in total. The molecule has 0 spiro atoms. The van der Waals surface area contributed by atoms with Gasteiger partial charge in [-0.25, -0.2) is 4.79 Å². The van der Waals surface area contributed by atoms with E-state index in [9.17, 15) is 9.90 Å². The Kier molecular flexibility index (Phi) is 5.21. The zero-order chi connectivity index (χ0) is 17.1. The summed E-state index contributed by atoms with van der Waals surface area (Å²) in [5.74, 6) is -0.835. The fourth-order valence-electron chi connectivity index (χ4n) is 3.72. The Morgan fingerprint density at radius 3 is 2.71 bits per heavy atom. The highest BCUT2D eigenvalue weighted by atomic mass is 16.4. The summed E-state index contributed by atoms with van der Waals surface area (Å²) in [5, 5.41) is 14.1. The highest BCUT2D eigenvalue weighted by molar-refractivity contribution is 6.04. The Morgan fingerprint density at radius 2 is 2.04 bits per heavy atom. The molecule has 0 amide bonds. The van der Waals surface area contributed by atoms with Gasteiger partial charge in [-0.1, -0.05) is 12.1 Å². The van der Waals surface area contributed by atoms with E-state index in [1.165, 1.54) is 5.56 Å². The summed E-state index contributed by atoms with van der Waals surface area (Å²) in [5.41, 5.74) is 3.42. The zero-order valence-electron chi connectivity index (χ0n) is 14.6. The van der Waals surface area contributed by atoms with Gasteiger partial charge in [0.25, 0.3) is 0 Å².